The lowest BCUT2D eigenvalue weighted by atomic mass is 10.1. The third-order valence-corrected chi connectivity index (χ3v) is 4.46. The van der Waals surface area contributed by atoms with Crippen molar-refractivity contribution in [3.8, 4) is 0 Å². The molecular formula is C15H17BrClFN2. The smallest absolute Gasteiger partial charge is 0.128 e. The maximum absolute atomic E-state index is 13.8. The van der Waals surface area contributed by atoms with Crippen LogP contribution in [0.3, 0.4) is 0 Å². The van der Waals surface area contributed by atoms with Gasteiger partial charge in [0.1, 0.15) is 5.82 Å². The van der Waals surface area contributed by atoms with Crippen molar-refractivity contribution in [2.45, 2.75) is 39.1 Å². The molecule has 1 aromatic heterocycles. The molecule has 20 heavy (non-hydrogen) atoms. The molecular weight excluding hydrogens is 343 g/mol. The van der Waals surface area contributed by atoms with Gasteiger partial charge < -0.3 is 0 Å². The minimum Gasteiger partial charge on any atom is -0.265 e. The molecule has 2 nitrogen and oxygen atoms in total. The van der Waals surface area contributed by atoms with E-state index < -0.39 is 0 Å². The maximum Gasteiger partial charge on any atom is 0.128 e. The molecule has 0 fully saturated rings. The first-order valence-corrected chi connectivity index (χ1v) is 7.78. The summed E-state index contributed by atoms with van der Waals surface area (Å²) in [5.41, 5.74) is 3.59. The highest BCUT2D eigenvalue weighted by atomic mass is 79.9. The van der Waals surface area contributed by atoms with Crippen molar-refractivity contribution >= 4 is 27.5 Å². The molecule has 1 atom stereocenters. The number of rotatable bonds is 4. The summed E-state index contributed by atoms with van der Waals surface area (Å²) in [5, 5.41) is 4.45. The average Bonchev–Trinajstić information content (AvgIpc) is 2.68. The predicted molar refractivity (Wildman–Crippen MR) is 83.8 cm³/mol. The standard InChI is InChI=1S/C15H17BrClFN2/c1-4-13(17)15-9(2)19-20(10(15)3)8-11-7-12(16)5-6-14(11)18/h5-7,13H,4,8H2,1-3H3. The van der Waals surface area contributed by atoms with Crippen LogP contribution in [0, 0.1) is 19.7 Å². The number of halogens is 3. The lowest BCUT2D eigenvalue weighted by molar-refractivity contribution is 0.578. The number of aromatic nitrogens is 2. The third kappa shape index (κ3) is 3.07. The van der Waals surface area contributed by atoms with Crippen molar-refractivity contribution in [3.05, 3.63) is 51.0 Å². The Hall–Kier alpha value is -0.870. The zero-order chi connectivity index (χ0) is 14.9. The van der Waals surface area contributed by atoms with Crippen LogP contribution in [0.4, 0.5) is 4.39 Å². The van der Waals surface area contributed by atoms with E-state index in [0.29, 0.717) is 12.1 Å². The Balaban J connectivity index is 2.37. The van der Waals surface area contributed by atoms with Gasteiger partial charge in [0.2, 0.25) is 0 Å². The van der Waals surface area contributed by atoms with E-state index in [9.17, 15) is 4.39 Å². The molecule has 1 aromatic carbocycles. The Morgan fingerprint density at radius 1 is 1.40 bits per heavy atom. The summed E-state index contributed by atoms with van der Waals surface area (Å²) in [6, 6.07) is 4.93. The van der Waals surface area contributed by atoms with Crippen LogP contribution in [-0.4, -0.2) is 9.78 Å². The van der Waals surface area contributed by atoms with Crippen molar-refractivity contribution in [2.75, 3.05) is 0 Å². The van der Waals surface area contributed by atoms with Crippen LogP contribution >= 0.6 is 27.5 Å². The Bertz CT molecular complexity index is 625. The largest absolute Gasteiger partial charge is 0.265 e. The van der Waals surface area contributed by atoms with E-state index in [2.05, 4.69) is 21.0 Å². The van der Waals surface area contributed by atoms with Crippen LogP contribution in [0.25, 0.3) is 0 Å². The summed E-state index contributed by atoms with van der Waals surface area (Å²) < 4.78 is 16.5. The molecule has 0 amide bonds. The highest BCUT2D eigenvalue weighted by Crippen LogP contribution is 2.30. The van der Waals surface area contributed by atoms with Gasteiger partial charge in [-0.1, -0.05) is 22.9 Å². The second-order valence-corrected chi connectivity index (χ2v) is 6.30. The highest BCUT2D eigenvalue weighted by Gasteiger charge is 2.18. The predicted octanol–water partition coefficient (Wildman–Crippen LogP) is 5.14. The third-order valence-electron chi connectivity index (χ3n) is 3.44. The van der Waals surface area contributed by atoms with Gasteiger partial charge in [-0.15, -0.1) is 11.6 Å². The summed E-state index contributed by atoms with van der Waals surface area (Å²) in [7, 11) is 0. The normalized spacial score (nSPS) is 12.7. The number of alkyl halides is 1. The van der Waals surface area contributed by atoms with Gasteiger partial charge in [0.15, 0.2) is 0 Å². The lowest BCUT2D eigenvalue weighted by Crippen LogP contribution is -2.06. The van der Waals surface area contributed by atoms with Gasteiger partial charge in [-0.3, -0.25) is 4.68 Å². The molecule has 0 saturated carbocycles. The molecule has 0 spiro atoms. The van der Waals surface area contributed by atoms with Gasteiger partial charge >= 0.3 is 0 Å². The minimum atomic E-state index is -0.222. The summed E-state index contributed by atoms with van der Waals surface area (Å²) in [6.07, 6.45) is 0.847. The van der Waals surface area contributed by atoms with Crippen LogP contribution in [0.5, 0.6) is 0 Å². The van der Waals surface area contributed by atoms with Gasteiger partial charge in [-0.05, 0) is 38.5 Å². The minimum absolute atomic E-state index is 0.0453. The first-order chi connectivity index (χ1) is 9.43. The molecule has 0 N–H and O–H groups in total. The van der Waals surface area contributed by atoms with Crippen molar-refractivity contribution in [3.63, 3.8) is 0 Å². The highest BCUT2D eigenvalue weighted by molar-refractivity contribution is 9.10. The fourth-order valence-corrected chi connectivity index (χ4v) is 3.07. The molecule has 108 valence electrons. The molecule has 0 saturated heterocycles. The topological polar surface area (TPSA) is 17.8 Å². The number of aryl methyl sites for hydroxylation is 1. The second-order valence-electron chi connectivity index (χ2n) is 4.85. The van der Waals surface area contributed by atoms with Crippen molar-refractivity contribution in [1.82, 2.24) is 9.78 Å². The number of hydrogen-bond donors (Lipinski definition) is 0. The Kier molecular flexibility index (Phi) is 4.86. The SMILES string of the molecule is CCC(Cl)c1c(C)nn(Cc2cc(Br)ccc2F)c1C. The fraction of sp³-hybridized carbons (Fsp3) is 0.400. The van der Waals surface area contributed by atoms with Gasteiger partial charge in [0, 0.05) is 21.3 Å². The quantitative estimate of drug-likeness (QED) is 0.691. The molecule has 1 unspecified atom stereocenters. The summed E-state index contributed by atoms with van der Waals surface area (Å²) >= 11 is 9.70. The van der Waals surface area contributed by atoms with Crippen LogP contribution in [0.15, 0.2) is 22.7 Å². The average molecular weight is 360 g/mol. The zero-order valence-electron chi connectivity index (χ0n) is 11.8. The van der Waals surface area contributed by atoms with Crippen LogP contribution in [-0.2, 0) is 6.54 Å². The molecule has 1 heterocycles. The maximum atomic E-state index is 13.8. The van der Waals surface area contributed by atoms with Gasteiger partial charge in [-0.2, -0.15) is 5.10 Å². The monoisotopic (exact) mass is 358 g/mol. The fourth-order valence-electron chi connectivity index (χ4n) is 2.35. The molecule has 2 rings (SSSR count). The van der Waals surface area contributed by atoms with Gasteiger partial charge in [-0.25, -0.2) is 4.39 Å². The van der Waals surface area contributed by atoms with E-state index >= 15 is 0 Å². The van der Waals surface area contributed by atoms with Gasteiger partial charge in [0.05, 0.1) is 17.6 Å². The number of hydrogen-bond acceptors (Lipinski definition) is 1. The Morgan fingerprint density at radius 3 is 2.75 bits per heavy atom. The summed E-state index contributed by atoms with van der Waals surface area (Å²) in [4.78, 5) is 0. The molecule has 0 aliphatic heterocycles. The van der Waals surface area contributed by atoms with Crippen LogP contribution < -0.4 is 0 Å². The zero-order valence-corrected chi connectivity index (χ0v) is 14.1. The second kappa shape index (κ2) is 6.27. The molecule has 5 heteroatoms. The first-order valence-electron chi connectivity index (χ1n) is 6.56. The number of nitrogens with zero attached hydrogens (tertiary/aromatic N) is 2. The Labute approximate surface area is 132 Å². The van der Waals surface area contributed by atoms with E-state index in [1.165, 1.54) is 6.07 Å². The van der Waals surface area contributed by atoms with E-state index in [4.69, 9.17) is 11.6 Å². The van der Waals surface area contributed by atoms with E-state index in [-0.39, 0.29) is 11.2 Å². The molecule has 0 aliphatic rings. The molecule has 0 bridgehead atoms. The molecule has 2 aromatic rings. The van der Waals surface area contributed by atoms with Crippen molar-refractivity contribution in [1.29, 1.82) is 0 Å². The van der Waals surface area contributed by atoms with Crippen LogP contribution in [0.1, 0.15) is 41.2 Å². The van der Waals surface area contributed by atoms with E-state index in [0.717, 1.165) is 27.8 Å². The molecule has 0 radical (unpaired) electrons. The van der Waals surface area contributed by atoms with Gasteiger partial charge in [0.25, 0.3) is 0 Å². The molecule has 0 aliphatic carbocycles. The Morgan fingerprint density at radius 2 is 2.10 bits per heavy atom. The van der Waals surface area contributed by atoms with Crippen LogP contribution in [0.2, 0.25) is 0 Å². The van der Waals surface area contributed by atoms with Crippen molar-refractivity contribution < 1.29 is 4.39 Å². The van der Waals surface area contributed by atoms with Crippen molar-refractivity contribution in [2.24, 2.45) is 0 Å². The summed E-state index contributed by atoms with van der Waals surface area (Å²) in [6.45, 7) is 6.38. The lowest BCUT2D eigenvalue weighted by Gasteiger charge is -2.09. The van der Waals surface area contributed by atoms with E-state index in [1.54, 1.807) is 12.1 Å². The van der Waals surface area contributed by atoms with E-state index in [1.807, 2.05) is 25.5 Å². The number of benzene rings is 1. The summed E-state index contributed by atoms with van der Waals surface area (Å²) in [5.74, 6) is -0.222. The first kappa shape index (κ1) is 15.5.